The second kappa shape index (κ2) is 4.47. The first-order chi connectivity index (χ1) is 7.47. The van der Waals surface area contributed by atoms with Crippen molar-refractivity contribution in [3.8, 4) is 0 Å². The number of sulfonamides is 1. The molecular weight excluding hydrogens is 290 g/mol. The van der Waals surface area contributed by atoms with E-state index in [0.29, 0.717) is 19.0 Å². The highest BCUT2D eigenvalue weighted by Crippen LogP contribution is 2.29. The van der Waals surface area contributed by atoms with E-state index in [1.165, 1.54) is 11.8 Å². The lowest BCUT2D eigenvalue weighted by atomic mass is 9.99. The molecule has 0 aliphatic carbocycles. The Balaban J connectivity index is 2.12. The van der Waals surface area contributed by atoms with Crippen molar-refractivity contribution in [2.24, 2.45) is 0 Å². The SMILES string of the molecule is CS(=O)(=O)N1CCC(c2ccc(Br)cc2)C1. The molecule has 1 aliphatic rings. The lowest BCUT2D eigenvalue weighted by molar-refractivity contribution is 0.478. The van der Waals surface area contributed by atoms with Crippen molar-refractivity contribution in [2.75, 3.05) is 19.3 Å². The van der Waals surface area contributed by atoms with Crippen molar-refractivity contribution >= 4 is 26.0 Å². The molecule has 1 atom stereocenters. The maximum absolute atomic E-state index is 11.4. The quantitative estimate of drug-likeness (QED) is 0.840. The number of hydrogen-bond acceptors (Lipinski definition) is 2. The van der Waals surface area contributed by atoms with Crippen LogP contribution in [0.1, 0.15) is 17.9 Å². The summed E-state index contributed by atoms with van der Waals surface area (Å²) in [5, 5.41) is 0. The van der Waals surface area contributed by atoms with Crippen molar-refractivity contribution in [3.63, 3.8) is 0 Å². The van der Waals surface area contributed by atoms with Gasteiger partial charge in [-0.1, -0.05) is 28.1 Å². The molecule has 5 heteroatoms. The van der Waals surface area contributed by atoms with Gasteiger partial charge in [-0.3, -0.25) is 0 Å². The first-order valence-electron chi connectivity index (χ1n) is 5.17. The average molecular weight is 304 g/mol. The van der Waals surface area contributed by atoms with Crippen LogP contribution in [-0.2, 0) is 10.0 Å². The van der Waals surface area contributed by atoms with Gasteiger partial charge in [-0.2, -0.15) is 0 Å². The van der Waals surface area contributed by atoms with Crippen LogP contribution in [0.4, 0.5) is 0 Å². The maximum atomic E-state index is 11.4. The van der Waals surface area contributed by atoms with Crippen molar-refractivity contribution < 1.29 is 8.42 Å². The molecule has 1 heterocycles. The van der Waals surface area contributed by atoms with Gasteiger partial charge in [0.2, 0.25) is 10.0 Å². The lowest BCUT2D eigenvalue weighted by Gasteiger charge is -2.13. The van der Waals surface area contributed by atoms with Gasteiger partial charge in [0.05, 0.1) is 6.26 Å². The van der Waals surface area contributed by atoms with E-state index >= 15 is 0 Å². The minimum Gasteiger partial charge on any atom is -0.213 e. The molecule has 1 saturated heterocycles. The van der Waals surface area contributed by atoms with Gasteiger partial charge in [-0.05, 0) is 30.0 Å². The molecule has 0 saturated carbocycles. The number of nitrogens with zero attached hydrogens (tertiary/aromatic N) is 1. The van der Waals surface area contributed by atoms with E-state index in [4.69, 9.17) is 0 Å². The van der Waals surface area contributed by atoms with Gasteiger partial charge >= 0.3 is 0 Å². The Kier molecular flexibility index (Phi) is 3.37. The van der Waals surface area contributed by atoms with E-state index in [1.807, 2.05) is 12.1 Å². The first-order valence-corrected chi connectivity index (χ1v) is 7.81. The summed E-state index contributed by atoms with van der Waals surface area (Å²) in [7, 11) is -3.03. The van der Waals surface area contributed by atoms with E-state index in [9.17, 15) is 8.42 Å². The van der Waals surface area contributed by atoms with Crippen LogP contribution < -0.4 is 0 Å². The standard InChI is InChI=1S/C11H14BrNO2S/c1-16(14,15)13-7-6-10(8-13)9-2-4-11(12)5-3-9/h2-5,10H,6-8H2,1H3. The molecule has 3 nitrogen and oxygen atoms in total. The van der Waals surface area contributed by atoms with Crippen molar-refractivity contribution in [1.29, 1.82) is 0 Å². The molecule has 0 spiro atoms. The molecule has 1 aromatic rings. The van der Waals surface area contributed by atoms with Gasteiger partial charge in [-0.15, -0.1) is 0 Å². The monoisotopic (exact) mass is 303 g/mol. The maximum Gasteiger partial charge on any atom is 0.211 e. The van der Waals surface area contributed by atoms with Crippen LogP contribution in [-0.4, -0.2) is 32.1 Å². The van der Waals surface area contributed by atoms with Gasteiger partial charge in [0.15, 0.2) is 0 Å². The number of rotatable bonds is 2. The first kappa shape index (κ1) is 12.1. The molecule has 1 aromatic carbocycles. The summed E-state index contributed by atoms with van der Waals surface area (Å²) in [6.07, 6.45) is 2.19. The second-order valence-electron chi connectivity index (χ2n) is 4.16. The number of halogens is 1. The predicted octanol–water partition coefficient (Wildman–Crippen LogP) is 2.20. The smallest absolute Gasteiger partial charge is 0.211 e. The van der Waals surface area contributed by atoms with Crippen LogP contribution in [0.3, 0.4) is 0 Å². The third kappa shape index (κ3) is 2.64. The molecular formula is C11H14BrNO2S. The topological polar surface area (TPSA) is 37.4 Å². The third-order valence-electron chi connectivity index (χ3n) is 2.96. The van der Waals surface area contributed by atoms with E-state index in [1.54, 1.807) is 4.31 Å². The minimum atomic E-state index is -3.03. The van der Waals surface area contributed by atoms with Crippen LogP contribution in [0.5, 0.6) is 0 Å². The molecule has 0 amide bonds. The van der Waals surface area contributed by atoms with Gasteiger partial charge in [0.1, 0.15) is 0 Å². The number of hydrogen-bond donors (Lipinski definition) is 0. The Bertz CT molecular complexity index is 469. The molecule has 1 fully saturated rings. The van der Waals surface area contributed by atoms with Gasteiger partial charge < -0.3 is 0 Å². The van der Waals surface area contributed by atoms with Gasteiger partial charge in [0.25, 0.3) is 0 Å². The van der Waals surface area contributed by atoms with Crippen molar-refractivity contribution in [2.45, 2.75) is 12.3 Å². The summed E-state index contributed by atoms with van der Waals surface area (Å²) < 4.78 is 25.4. The molecule has 0 bridgehead atoms. The minimum absolute atomic E-state index is 0.336. The fraction of sp³-hybridized carbons (Fsp3) is 0.455. The predicted molar refractivity (Wildman–Crippen MR) is 67.9 cm³/mol. The molecule has 0 N–H and O–H groups in total. The third-order valence-corrected chi connectivity index (χ3v) is 4.76. The van der Waals surface area contributed by atoms with E-state index in [2.05, 4.69) is 28.1 Å². The Labute approximate surface area is 105 Å². The Hall–Kier alpha value is -0.390. The van der Waals surface area contributed by atoms with Crippen LogP contribution in [0.25, 0.3) is 0 Å². The molecule has 16 heavy (non-hydrogen) atoms. The van der Waals surface area contributed by atoms with E-state index in [0.717, 1.165) is 10.9 Å². The fourth-order valence-electron chi connectivity index (χ4n) is 2.04. The van der Waals surface area contributed by atoms with Crippen molar-refractivity contribution in [1.82, 2.24) is 4.31 Å². The van der Waals surface area contributed by atoms with Gasteiger partial charge in [0, 0.05) is 17.6 Å². The summed E-state index contributed by atoms with van der Waals surface area (Å²) in [6.45, 7) is 1.25. The fourth-order valence-corrected chi connectivity index (χ4v) is 3.19. The highest BCUT2D eigenvalue weighted by atomic mass is 79.9. The molecule has 2 rings (SSSR count). The highest BCUT2D eigenvalue weighted by Gasteiger charge is 2.29. The van der Waals surface area contributed by atoms with Crippen LogP contribution in [0.2, 0.25) is 0 Å². The van der Waals surface area contributed by atoms with Gasteiger partial charge in [-0.25, -0.2) is 12.7 Å². The summed E-state index contributed by atoms with van der Waals surface area (Å²) in [6, 6.07) is 8.11. The Morgan fingerprint density at radius 2 is 1.94 bits per heavy atom. The summed E-state index contributed by atoms with van der Waals surface area (Å²) in [5.74, 6) is 0.336. The van der Waals surface area contributed by atoms with Crippen molar-refractivity contribution in [3.05, 3.63) is 34.3 Å². The Morgan fingerprint density at radius 1 is 1.31 bits per heavy atom. The summed E-state index contributed by atoms with van der Waals surface area (Å²) in [5.41, 5.74) is 1.22. The zero-order valence-electron chi connectivity index (χ0n) is 9.06. The molecule has 1 unspecified atom stereocenters. The lowest BCUT2D eigenvalue weighted by Crippen LogP contribution is -2.27. The second-order valence-corrected chi connectivity index (χ2v) is 7.06. The zero-order valence-corrected chi connectivity index (χ0v) is 11.5. The Morgan fingerprint density at radius 3 is 2.44 bits per heavy atom. The van der Waals surface area contributed by atoms with Crippen LogP contribution in [0, 0.1) is 0 Å². The number of benzene rings is 1. The molecule has 88 valence electrons. The summed E-state index contributed by atoms with van der Waals surface area (Å²) in [4.78, 5) is 0. The summed E-state index contributed by atoms with van der Waals surface area (Å²) >= 11 is 3.39. The van der Waals surface area contributed by atoms with E-state index in [-0.39, 0.29) is 0 Å². The largest absolute Gasteiger partial charge is 0.213 e. The molecule has 1 aliphatic heterocycles. The average Bonchev–Trinajstić information content (AvgIpc) is 2.67. The molecule has 0 aromatic heterocycles. The van der Waals surface area contributed by atoms with Crippen LogP contribution in [0.15, 0.2) is 28.7 Å². The highest BCUT2D eigenvalue weighted by molar-refractivity contribution is 9.10. The van der Waals surface area contributed by atoms with E-state index < -0.39 is 10.0 Å². The normalized spacial score (nSPS) is 22.5. The zero-order chi connectivity index (χ0) is 11.8. The molecule has 0 radical (unpaired) electrons. The van der Waals surface area contributed by atoms with Crippen LogP contribution >= 0.6 is 15.9 Å².